The second kappa shape index (κ2) is 5.09. The number of nitrogens with one attached hydrogen (secondary N) is 2. The first-order valence-electron chi connectivity index (χ1n) is 6.76. The van der Waals surface area contributed by atoms with E-state index in [1.807, 2.05) is 30.1 Å². The van der Waals surface area contributed by atoms with Gasteiger partial charge in [-0.15, -0.1) is 0 Å². The van der Waals surface area contributed by atoms with Crippen LogP contribution in [-0.4, -0.2) is 38.7 Å². The number of nitrogens with zero attached hydrogens (tertiary/aromatic N) is 1. The van der Waals surface area contributed by atoms with E-state index in [0.29, 0.717) is 6.04 Å². The lowest BCUT2D eigenvalue weighted by molar-refractivity contribution is -0.121. The van der Waals surface area contributed by atoms with E-state index in [9.17, 15) is 4.79 Å². The van der Waals surface area contributed by atoms with Gasteiger partial charge in [0, 0.05) is 25.3 Å². The Balaban J connectivity index is 1.88. The summed E-state index contributed by atoms with van der Waals surface area (Å²) in [6.45, 7) is 1.91. The van der Waals surface area contributed by atoms with Crippen molar-refractivity contribution in [3.05, 3.63) is 18.2 Å². The molecule has 19 heavy (non-hydrogen) atoms. The molecule has 0 bridgehead atoms. The average Bonchev–Trinajstić information content (AvgIpc) is 2.94. The fourth-order valence-corrected chi connectivity index (χ4v) is 2.69. The Kier molecular flexibility index (Phi) is 3.29. The van der Waals surface area contributed by atoms with Gasteiger partial charge in [0.1, 0.15) is 5.75 Å². The van der Waals surface area contributed by atoms with E-state index in [-0.39, 0.29) is 12.5 Å². The first kappa shape index (κ1) is 12.3. The average molecular weight is 261 g/mol. The van der Waals surface area contributed by atoms with Gasteiger partial charge in [-0.05, 0) is 37.6 Å². The Bertz CT molecular complexity index is 484. The Morgan fingerprint density at radius 1 is 1.53 bits per heavy atom. The minimum absolute atomic E-state index is 0.0365. The Hall–Kier alpha value is -1.75. The number of hydrogen-bond acceptors (Lipinski definition) is 4. The van der Waals surface area contributed by atoms with Crippen molar-refractivity contribution in [3.8, 4) is 5.75 Å². The van der Waals surface area contributed by atoms with E-state index in [0.717, 1.165) is 36.6 Å². The molecule has 1 fully saturated rings. The Morgan fingerprint density at radius 2 is 2.42 bits per heavy atom. The largest absolute Gasteiger partial charge is 0.482 e. The van der Waals surface area contributed by atoms with Crippen LogP contribution in [0.15, 0.2) is 18.2 Å². The molecule has 5 nitrogen and oxygen atoms in total. The van der Waals surface area contributed by atoms with Crippen LogP contribution in [0.5, 0.6) is 5.75 Å². The molecule has 3 rings (SSSR count). The van der Waals surface area contributed by atoms with E-state index in [2.05, 4.69) is 10.6 Å². The molecule has 1 saturated heterocycles. The molecule has 0 saturated carbocycles. The molecule has 1 aromatic carbocycles. The van der Waals surface area contributed by atoms with Crippen LogP contribution in [0.3, 0.4) is 0 Å². The van der Waals surface area contributed by atoms with Crippen LogP contribution in [0.4, 0.5) is 11.4 Å². The molecule has 2 aliphatic rings. The molecule has 2 aliphatic heterocycles. The molecular formula is C14H19N3O2. The number of ether oxygens (including phenoxy) is 1. The molecule has 1 atom stereocenters. The normalized spacial score (nSPS) is 22.1. The quantitative estimate of drug-likeness (QED) is 0.858. The van der Waals surface area contributed by atoms with Crippen molar-refractivity contribution in [1.29, 1.82) is 0 Å². The smallest absolute Gasteiger partial charge is 0.265 e. The van der Waals surface area contributed by atoms with Crippen molar-refractivity contribution < 1.29 is 9.53 Å². The molecule has 0 aliphatic carbocycles. The molecule has 1 amide bonds. The number of hydrogen-bond donors (Lipinski definition) is 2. The maximum absolute atomic E-state index is 12.1. The number of carbonyl (C=O) groups is 1. The lowest BCUT2D eigenvalue weighted by Crippen LogP contribution is -2.45. The van der Waals surface area contributed by atoms with Gasteiger partial charge in [0.15, 0.2) is 6.61 Å². The third kappa shape index (κ3) is 2.38. The number of amides is 1. The Morgan fingerprint density at radius 3 is 3.16 bits per heavy atom. The van der Waals surface area contributed by atoms with Crippen molar-refractivity contribution in [2.24, 2.45) is 0 Å². The number of fused-ring (bicyclic) bond motifs is 1. The van der Waals surface area contributed by atoms with Crippen LogP contribution >= 0.6 is 0 Å². The Labute approximate surface area is 112 Å². The van der Waals surface area contributed by atoms with Crippen LogP contribution in [0.2, 0.25) is 0 Å². The van der Waals surface area contributed by atoms with Gasteiger partial charge in [-0.3, -0.25) is 4.79 Å². The topological polar surface area (TPSA) is 53.6 Å². The lowest BCUT2D eigenvalue weighted by Gasteiger charge is -2.31. The molecule has 0 aromatic heterocycles. The highest BCUT2D eigenvalue weighted by Gasteiger charge is 2.28. The van der Waals surface area contributed by atoms with Gasteiger partial charge >= 0.3 is 0 Å². The number of carbonyl (C=O) groups excluding carboxylic acids is 1. The van der Waals surface area contributed by atoms with Crippen LogP contribution in [0.25, 0.3) is 0 Å². The van der Waals surface area contributed by atoms with Gasteiger partial charge < -0.3 is 20.3 Å². The molecule has 0 radical (unpaired) electrons. The highest BCUT2D eigenvalue weighted by molar-refractivity contribution is 5.98. The first-order chi connectivity index (χ1) is 9.28. The standard InChI is InChI=1S/C14H19N3O2/c1-15-10-4-5-13-12(7-10)17(14(18)9-19-13)8-11-3-2-6-16-11/h4-5,7,11,15-16H,2-3,6,8-9H2,1H3. The second-order valence-electron chi connectivity index (χ2n) is 5.02. The van der Waals surface area contributed by atoms with Crippen molar-refractivity contribution >= 4 is 17.3 Å². The summed E-state index contributed by atoms with van der Waals surface area (Å²) in [7, 11) is 1.87. The van der Waals surface area contributed by atoms with E-state index >= 15 is 0 Å². The fourth-order valence-electron chi connectivity index (χ4n) is 2.69. The van der Waals surface area contributed by atoms with E-state index in [1.165, 1.54) is 6.42 Å². The van der Waals surface area contributed by atoms with Gasteiger partial charge in [-0.1, -0.05) is 0 Å². The van der Waals surface area contributed by atoms with Gasteiger partial charge in [0.2, 0.25) is 0 Å². The van der Waals surface area contributed by atoms with Crippen molar-refractivity contribution in [2.75, 3.05) is 37.0 Å². The van der Waals surface area contributed by atoms with E-state index < -0.39 is 0 Å². The molecule has 102 valence electrons. The van der Waals surface area contributed by atoms with Crippen molar-refractivity contribution in [3.63, 3.8) is 0 Å². The molecular weight excluding hydrogens is 242 g/mol. The summed E-state index contributed by atoms with van der Waals surface area (Å²) < 4.78 is 5.49. The number of rotatable bonds is 3. The molecule has 2 N–H and O–H groups in total. The summed E-state index contributed by atoms with van der Waals surface area (Å²) in [5, 5.41) is 6.53. The predicted octanol–water partition coefficient (Wildman–Crippen LogP) is 1.21. The summed E-state index contributed by atoms with van der Waals surface area (Å²) >= 11 is 0. The highest BCUT2D eigenvalue weighted by Crippen LogP contribution is 2.34. The zero-order valence-corrected chi connectivity index (χ0v) is 11.1. The lowest BCUT2D eigenvalue weighted by atomic mass is 10.1. The number of anilines is 2. The third-order valence-electron chi connectivity index (χ3n) is 3.76. The van der Waals surface area contributed by atoms with Gasteiger partial charge in [-0.25, -0.2) is 0 Å². The van der Waals surface area contributed by atoms with Gasteiger partial charge in [-0.2, -0.15) is 0 Å². The first-order valence-corrected chi connectivity index (χ1v) is 6.76. The van der Waals surface area contributed by atoms with Gasteiger partial charge in [0.05, 0.1) is 5.69 Å². The molecule has 0 spiro atoms. The SMILES string of the molecule is CNc1ccc2c(c1)N(CC1CCCN1)C(=O)CO2. The molecule has 1 unspecified atom stereocenters. The molecule has 1 aromatic rings. The minimum atomic E-state index is 0.0365. The summed E-state index contributed by atoms with van der Waals surface area (Å²) in [4.78, 5) is 13.9. The minimum Gasteiger partial charge on any atom is -0.482 e. The maximum Gasteiger partial charge on any atom is 0.265 e. The van der Waals surface area contributed by atoms with Crippen molar-refractivity contribution in [2.45, 2.75) is 18.9 Å². The summed E-state index contributed by atoms with van der Waals surface area (Å²) in [5.41, 5.74) is 1.86. The number of benzene rings is 1. The van der Waals surface area contributed by atoms with Crippen LogP contribution in [0.1, 0.15) is 12.8 Å². The summed E-state index contributed by atoms with van der Waals surface area (Å²) in [6.07, 6.45) is 2.32. The maximum atomic E-state index is 12.1. The van der Waals surface area contributed by atoms with E-state index in [1.54, 1.807) is 0 Å². The summed E-state index contributed by atoms with van der Waals surface area (Å²) in [6, 6.07) is 6.25. The van der Waals surface area contributed by atoms with Crippen LogP contribution in [0, 0.1) is 0 Å². The summed E-state index contributed by atoms with van der Waals surface area (Å²) in [5.74, 6) is 0.825. The molecule has 5 heteroatoms. The zero-order chi connectivity index (χ0) is 13.2. The highest BCUT2D eigenvalue weighted by atomic mass is 16.5. The van der Waals surface area contributed by atoms with Crippen LogP contribution in [-0.2, 0) is 4.79 Å². The van der Waals surface area contributed by atoms with Crippen molar-refractivity contribution in [1.82, 2.24) is 5.32 Å². The van der Waals surface area contributed by atoms with Crippen LogP contribution < -0.4 is 20.3 Å². The third-order valence-corrected chi connectivity index (χ3v) is 3.76. The second-order valence-corrected chi connectivity index (χ2v) is 5.02. The fraction of sp³-hybridized carbons (Fsp3) is 0.500. The van der Waals surface area contributed by atoms with Gasteiger partial charge in [0.25, 0.3) is 5.91 Å². The zero-order valence-electron chi connectivity index (χ0n) is 11.1. The molecule has 2 heterocycles. The monoisotopic (exact) mass is 261 g/mol. The predicted molar refractivity (Wildman–Crippen MR) is 74.9 cm³/mol. The van der Waals surface area contributed by atoms with E-state index in [4.69, 9.17) is 4.74 Å².